The van der Waals surface area contributed by atoms with Crippen LogP contribution in [0, 0.1) is 34.2 Å². The zero-order valence-corrected chi connectivity index (χ0v) is 12.7. The molecule has 0 heterocycles. The molecule has 122 valence electrons. The Bertz CT molecular complexity index is 815. The third kappa shape index (κ3) is 3.73. The number of ether oxygens (including phenoxy) is 1. The fourth-order valence-corrected chi connectivity index (χ4v) is 2.14. The van der Waals surface area contributed by atoms with Gasteiger partial charge in [0, 0.05) is 0 Å². The van der Waals surface area contributed by atoms with Crippen molar-refractivity contribution < 1.29 is 18.8 Å². The molecule has 0 aliphatic rings. The van der Waals surface area contributed by atoms with Crippen molar-refractivity contribution in [1.82, 2.24) is 0 Å². The summed E-state index contributed by atoms with van der Waals surface area (Å²) in [5, 5.41) is 20.3. The van der Waals surface area contributed by atoms with Crippen molar-refractivity contribution in [2.24, 2.45) is 0 Å². The second-order valence-electron chi connectivity index (χ2n) is 5.07. The van der Waals surface area contributed by atoms with E-state index in [0.29, 0.717) is 11.6 Å². The van der Waals surface area contributed by atoms with Gasteiger partial charge >= 0.3 is 5.97 Å². The summed E-state index contributed by atoms with van der Waals surface area (Å²) >= 11 is 0. The first-order valence-corrected chi connectivity index (χ1v) is 6.98. The van der Waals surface area contributed by atoms with Crippen LogP contribution in [0.15, 0.2) is 42.5 Å². The molecule has 0 amide bonds. The Balaban J connectivity index is 2.28. The summed E-state index contributed by atoms with van der Waals surface area (Å²) < 4.78 is 18.6. The van der Waals surface area contributed by atoms with Gasteiger partial charge in [-0.2, -0.15) is 5.26 Å². The second-order valence-corrected chi connectivity index (χ2v) is 5.07. The molecule has 2 aromatic rings. The van der Waals surface area contributed by atoms with Crippen LogP contribution in [0.3, 0.4) is 0 Å². The molecule has 7 heteroatoms. The predicted molar refractivity (Wildman–Crippen MR) is 82.4 cm³/mol. The Morgan fingerprint density at radius 1 is 1.38 bits per heavy atom. The van der Waals surface area contributed by atoms with Gasteiger partial charge in [0.2, 0.25) is 0 Å². The molecule has 2 aromatic carbocycles. The Kier molecular flexibility index (Phi) is 5.22. The molecule has 0 aliphatic carbocycles. The number of nitrogens with zero attached hydrogens (tertiary/aromatic N) is 2. The highest BCUT2D eigenvalue weighted by molar-refractivity contribution is 5.83. The molecule has 0 aromatic heterocycles. The Labute approximate surface area is 137 Å². The Hall–Kier alpha value is -3.27. The Morgan fingerprint density at radius 2 is 2.04 bits per heavy atom. The summed E-state index contributed by atoms with van der Waals surface area (Å²) in [6.07, 6.45) is 0. The van der Waals surface area contributed by atoms with Gasteiger partial charge in [-0.1, -0.05) is 30.3 Å². The number of nitro benzene ring substituents is 1. The highest BCUT2D eigenvalue weighted by atomic mass is 19.1. The van der Waals surface area contributed by atoms with Crippen LogP contribution >= 0.6 is 0 Å². The third-order valence-electron chi connectivity index (χ3n) is 3.40. The number of carbonyl (C=O) groups is 1. The van der Waals surface area contributed by atoms with E-state index < -0.39 is 28.3 Å². The summed E-state index contributed by atoms with van der Waals surface area (Å²) in [4.78, 5) is 22.4. The lowest BCUT2D eigenvalue weighted by Gasteiger charge is -2.11. The van der Waals surface area contributed by atoms with E-state index in [9.17, 15) is 24.6 Å². The number of benzene rings is 2. The lowest BCUT2D eigenvalue weighted by molar-refractivity contribution is -0.385. The lowest BCUT2D eigenvalue weighted by Crippen LogP contribution is -2.16. The van der Waals surface area contributed by atoms with Crippen LogP contribution in [-0.4, -0.2) is 10.9 Å². The number of halogens is 1. The third-order valence-corrected chi connectivity index (χ3v) is 3.40. The zero-order valence-electron chi connectivity index (χ0n) is 12.7. The highest BCUT2D eigenvalue weighted by Crippen LogP contribution is 2.30. The number of hydrogen-bond donors (Lipinski definition) is 0. The normalized spacial score (nSPS) is 11.4. The van der Waals surface area contributed by atoms with E-state index in [1.807, 2.05) is 0 Å². The zero-order chi connectivity index (χ0) is 17.7. The topological polar surface area (TPSA) is 93.2 Å². The highest BCUT2D eigenvalue weighted by Gasteiger charge is 2.30. The van der Waals surface area contributed by atoms with Crippen molar-refractivity contribution in [3.63, 3.8) is 0 Å². The van der Waals surface area contributed by atoms with Crippen LogP contribution in [0.1, 0.15) is 22.6 Å². The molecule has 0 aliphatic heterocycles. The van der Waals surface area contributed by atoms with Gasteiger partial charge < -0.3 is 4.74 Å². The minimum absolute atomic E-state index is 0.0637. The van der Waals surface area contributed by atoms with E-state index in [1.165, 1.54) is 6.92 Å². The quantitative estimate of drug-likeness (QED) is 0.476. The van der Waals surface area contributed by atoms with E-state index in [2.05, 4.69) is 0 Å². The number of rotatable bonds is 5. The molecule has 0 saturated carbocycles. The largest absolute Gasteiger partial charge is 0.460 e. The summed E-state index contributed by atoms with van der Waals surface area (Å²) in [7, 11) is 0. The van der Waals surface area contributed by atoms with Crippen molar-refractivity contribution in [3.8, 4) is 6.07 Å². The van der Waals surface area contributed by atoms with E-state index in [4.69, 9.17) is 4.74 Å². The Morgan fingerprint density at radius 3 is 2.62 bits per heavy atom. The van der Waals surface area contributed by atoms with Crippen molar-refractivity contribution in [1.29, 1.82) is 5.26 Å². The molecular formula is C17H13FN2O4. The summed E-state index contributed by atoms with van der Waals surface area (Å²) in [6, 6.07) is 12.3. The number of nitro groups is 1. The van der Waals surface area contributed by atoms with Gasteiger partial charge in [-0.25, -0.2) is 4.39 Å². The van der Waals surface area contributed by atoms with Crippen LogP contribution in [0.5, 0.6) is 0 Å². The smallest absolute Gasteiger partial charge is 0.328 e. The molecule has 0 N–H and O–H groups in total. The molecular weight excluding hydrogens is 315 g/mol. The van der Waals surface area contributed by atoms with Gasteiger partial charge in [-0.15, -0.1) is 0 Å². The second kappa shape index (κ2) is 7.33. The first kappa shape index (κ1) is 17.1. The number of carbonyl (C=O) groups excluding carboxylic acids is 1. The number of hydrogen-bond acceptors (Lipinski definition) is 5. The molecule has 0 fully saturated rings. The van der Waals surface area contributed by atoms with Gasteiger partial charge in [0.1, 0.15) is 12.4 Å². The number of esters is 1. The maximum atomic E-state index is 13.6. The van der Waals surface area contributed by atoms with Crippen LogP contribution in [0.2, 0.25) is 0 Å². The van der Waals surface area contributed by atoms with Gasteiger partial charge in [0.05, 0.1) is 22.6 Å². The molecule has 2 rings (SSSR count). The monoisotopic (exact) mass is 328 g/mol. The summed E-state index contributed by atoms with van der Waals surface area (Å²) in [5.41, 5.74) is 0.0137. The first-order valence-electron chi connectivity index (χ1n) is 6.98. The van der Waals surface area contributed by atoms with Gasteiger partial charge in [-0.05, 0) is 24.1 Å². The first-order chi connectivity index (χ1) is 11.4. The molecule has 0 spiro atoms. The maximum Gasteiger partial charge on any atom is 0.328 e. The van der Waals surface area contributed by atoms with Crippen LogP contribution in [0.4, 0.5) is 10.1 Å². The van der Waals surface area contributed by atoms with E-state index in [-0.39, 0.29) is 17.7 Å². The fourth-order valence-electron chi connectivity index (χ4n) is 2.14. The lowest BCUT2D eigenvalue weighted by atomic mass is 9.96. The summed E-state index contributed by atoms with van der Waals surface area (Å²) in [6.45, 7) is 1.33. The minimum Gasteiger partial charge on any atom is -0.460 e. The van der Waals surface area contributed by atoms with Gasteiger partial charge in [0.25, 0.3) is 5.69 Å². The van der Waals surface area contributed by atoms with Crippen molar-refractivity contribution in [3.05, 3.63) is 75.1 Å². The minimum atomic E-state index is -1.51. The van der Waals surface area contributed by atoms with Gasteiger partial charge in [-0.3, -0.25) is 14.9 Å². The van der Waals surface area contributed by atoms with Crippen LogP contribution in [-0.2, 0) is 16.1 Å². The average molecular weight is 328 g/mol. The molecule has 24 heavy (non-hydrogen) atoms. The molecule has 0 saturated heterocycles. The molecule has 0 radical (unpaired) electrons. The van der Waals surface area contributed by atoms with Crippen LogP contribution < -0.4 is 0 Å². The average Bonchev–Trinajstić information content (AvgIpc) is 2.57. The van der Waals surface area contributed by atoms with E-state index in [0.717, 1.165) is 6.07 Å². The van der Waals surface area contributed by atoms with Crippen LogP contribution in [0.25, 0.3) is 0 Å². The molecule has 1 unspecified atom stereocenters. The summed E-state index contributed by atoms with van der Waals surface area (Å²) in [5.74, 6) is -3.20. The molecule has 0 bridgehead atoms. The standard InChI is InChI=1S/C17H13FN2O4/c1-11-7-13(16(20(22)23)8-15(11)18)14(9-19)17(21)24-10-12-5-3-2-4-6-12/h2-8,14H,10H2,1H3. The SMILES string of the molecule is Cc1cc(C(C#N)C(=O)OCc2ccccc2)c([N+](=O)[O-])cc1F. The predicted octanol–water partition coefficient (Wildman–Crippen LogP) is 3.39. The molecule has 1 atom stereocenters. The fraction of sp³-hybridized carbons (Fsp3) is 0.176. The number of nitriles is 1. The number of aryl methyl sites for hydroxylation is 1. The van der Waals surface area contributed by atoms with E-state index in [1.54, 1.807) is 36.4 Å². The maximum absolute atomic E-state index is 13.6. The van der Waals surface area contributed by atoms with Crippen molar-refractivity contribution in [2.75, 3.05) is 0 Å². The van der Waals surface area contributed by atoms with Crippen molar-refractivity contribution in [2.45, 2.75) is 19.4 Å². The molecule has 6 nitrogen and oxygen atoms in total. The van der Waals surface area contributed by atoms with Crippen molar-refractivity contribution >= 4 is 11.7 Å². The van der Waals surface area contributed by atoms with Gasteiger partial charge in [0.15, 0.2) is 5.92 Å². The van der Waals surface area contributed by atoms with E-state index >= 15 is 0 Å².